The van der Waals surface area contributed by atoms with Crippen molar-refractivity contribution in [3.05, 3.63) is 32.6 Å². The van der Waals surface area contributed by atoms with Crippen molar-refractivity contribution in [1.82, 2.24) is 14.9 Å². The van der Waals surface area contributed by atoms with Gasteiger partial charge in [-0.05, 0) is 0 Å². The smallest absolute Gasteiger partial charge is 0.326 e. The van der Waals surface area contributed by atoms with Crippen molar-refractivity contribution in [2.75, 3.05) is 6.54 Å². The summed E-state index contributed by atoms with van der Waals surface area (Å²) < 4.78 is 0. The van der Waals surface area contributed by atoms with Crippen LogP contribution in [0.2, 0.25) is 0 Å². The van der Waals surface area contributed by atoms with E-state index >= 15 is 0 Å². The molecule has 1 fully saturated rings. The van der Waals surface area contributed by atoms with Crippen LogP contribution in [0.5, 0.6) is 0 Å². The number of amides is 1. The lowest BCUT2D eigenvalue weighted by Crippen LogP contribution is -2.41. The van der Waals surface area contributed by atoms with E-state index in [1.54, 1.807) is 0 Å². The van der Waals surface area contributed by atoms with E-state index in [9.17, 15) is 24.3 Å². The summed E-state index contributed by atoms with van der Waals surface area (Å²) in [7, 11) is 0. The van der Waals surface area contributed by atoms with Crippen LogP contribution in [0.4, 0.5) is 0 Å². The van der Waals surface area contributed by atoms with E-state index in [0.29, 0.717) is 0 Å². The van der Waals surface area contributed by atoms with Gasteiger partial charge in [-0.2, -0.15) is 0 Å². The Morgan fingerprint density at radius 1 is 1.35 bits per heavy atom. The summed E-state index contributed by atoms with van der Waals surface area (Å²) in [6.07, 6.45) is -1.24. The van der Waals surface area contributed by atoms with Gasteiger partial charge in [0.1, 0.15) is 6.04 Å². The average molecular weight is 283 g/mol. The third kappa shape index (κ3) is 2.94. The third-order valence-electron chi connectivity index (χ3n) is 3.04. The second-order valence-corrected chi connectivity index (χ2v) is 4.58. The Morgan fingerprint density at radius 2 is 2.05 bits per heavy atom. The number of hydrogen-bond donors (Lipinski definition) is 4. The van der Waals surface area contributed by atoms with Crippen molar-refractivity contribution >= 4 is 11.9 Å². The summed E-state index contributed by atoms with van der Waals surface area (Å²) in [6.45, 7) is -0.0801. The molecule has 1 aromatic heterocycles. The van der Waals surface area contributed by atoms with Gasteiger partial charge in [-0.1, -0.05) is 0 Å². The van der Waals surface area contributed by atoms with E-state index in [2.05, 4.69) is 4.98 Å². The van der Waals surface area contributed by atoms with Gasteiger partial charge in [0, 0.05) is 24.7 Å². The molecular weight excluding hydrogens is 270 g/mol. The van der Waals surface area contributed by atoms with E-state index < -0.39 is 35.3 Å². The fraction of sp³-hybridized carbons (Fsp3) is 0.455. The molecule has 0 aromatic carbocycles. The number of aromatic amines is 2. The molecule has 2 atom stereocenters. The van der Waals surface area contributed by atoms with E-state index in [4.69, 9.17) is 5.11 Å². The number of aliphatic hydroxyl groups is 1. The largest absolute Gasteiger partial charge is 0.480 e. The number of nitrogens with zero attached hydrogens (tertiary/aromatic N) is 1. The molecule has 1 aromatic rings. The second kappa shape index (κ2) is 5.29. The van der Waals surface area contributed by atoms with Crippen molar-refractivity contribution in [1.29, 1.82) is 0 Å². The summed E-state index contributed by atoms with van der Waals surface area (Å²) in [5, 5.41) is 18.4. The molecule has 0 radical (unpaired) electrons. The van der Waals surface area contributed by atoms with Gasteiger partial charge >= 0.3 is 11.7 Å². The highest BCUT2D eigenvalue weighted by Crippen LogP contribution is 2.19. The summed E-state index contributed by atoms with van der Waals surface area (Å²) >= 11 is 0. The first-order valence-electron chi connectivity index (χ1n) is 5.89. The van der Waals surface area contributed by atoms with Gasteiger partial charge in [0.05, 0.1) is 12.5 Å². The lowest BCUT2D eigenvalue weighted by Gasteiger charge is -2.20. The van der Waals surface area contributed by atoms with E-state index in [-0.39, 0.29) is 25.1 Å². The summed E-state index contributed by atoms with van der Waals surface area (Å²) in [5.74, 6) is -1.77. The minimum atomic E-state index is -1.20. The van der Waals surface area contributed by atoms with Crippen molar-refractivity contribution in [3.63, 3.8) is 0 Å². The molecule has 108 valence electrons. The molecule has 1 aliphatic rings. The predicted molar refractivity (Wildman–Crippen MR) is 65.1 cm³/mol. The zero-order valence-electron chi connectivity index (χ0n) is 10.3. The topological polar surface area (TPSA) is 144 Å². The van der Waals surface area contributed by atoms with Gasteiger partial charge in [0.2, 0.25) is 5.91 Å². The highest BCUT2D eigenvalue weighted by Gasteiger charge is 2.38. The SMILES string of the molecule is O=C(O)[C@@H]1C[C@@H](O)CN1C(=O)Cc1cc(=O)[nH]c(=O)[nH]1. The average Bonchev–Trinajstić information content (AvgIpc) is 2.70. The highest BCUT2D eigenvalue weighted by molar-refractivity contribution is 5.85. The Kier molecular flexibility index (Phi) is 3.70. The fourth-order valence-electron chi connectivity index (χ4n) is 2.20. The number of β-amino-alcohol motifs (C(OH)–C–C–N with tert-alkyl or cyclic N) is 1. The van der Waals surface area contributed by atoms with E-state index in [1.807, 2.05) is 4.98 Å². The lowest BCUT2D eigenvalue weighted by molar-refractivity contribution is -0.148. The Hall–Kier alpha value is -2.42. The maximum Gasteiger partial charge on any atom is 0.326 e. The number of likely N-dealkylation sites (tertiary alicyclic amines) is 1. The fourth-order valence-corrected chi connectivity index (χ4v) is 2.20. The molecule has 4 N–H and O–H groups in total. The lowest BCUT2D eigenvalue weighted by atomic mass is 10.2. The molecule has 1 aliphatic heterocycles. The van der Waals surface area contributed by atoms with Gasteiger partial charge in [0.25, 0.3) is 5.56 Å². The number of carboxylic acids is 1. The molecule has 0 bridgehead atoms. The molecule has 0 aliphatic carbocycles. The van der Waals surface area contributed by atoms with Crippen LogP contribution in [0.15, 0.2) is 15.7 Å². The summed E-state index contributed by atoms with van der Waals surface area (Å²) in [5.41, 5.74) is -1.29. The number of hydrogen-bond acceptors (Lipinski definition) is 5. The predicted octanol–water partition coefficient (Wildman–Crippen LogP) is -2.35. The minimum absolute atomic E-state index is 0.0348. The quantitative estimate of drug-likeness (QED) is 0.489. The Bertz CT molecular complexity index is 620. The monoisotopic (exact) mass is 283 g/mol. The number of aromatic nitrogens is 2. The zero-order chi connectivity index (χ0) is 14.9. The van der Waals surface area contributed by atoms with Crippen molar-refractivity contribution in [2.45, 2.75) is 25.0 Å². The van der Waals surface area contributed by atoms with Gasteiger partial charge in [0.15, 0.2) is 0 Å². The molecule has 9 nitrogen and oxygen atoms in total. The number of carboxylic acid groups (broad SMARTS) is 1. The Balaban J connectivity index is 2.17. The van der Waals surface area contributed by atoms with Crippen LogP contribution < -0.4 is 11.2 Å². The number of aliphatic carboxylic acids is 1. The molecule has 0 unspecified atom stereocenters. The highest BCUT2D eigenvalue weighted by atomic mass is 16.4. The van der Waals surface area contributed by atoms with Gasteiger partial charge in [-0.25, -0.2) is 9.59 Å². The molecule has 0 saturated carbocycles. The van der Waals surface area contributed by atoms with Crippen LogP contribution in [-0.4, -0.2) is 55.6 Å². The van der Waals surface area contributed by atoms with Crippen molar-refractivity contribution in [2.24, 2.45) is 0 Å². The molecule has 2 heterocycles. The maximum atomic E-state index is 12.0. The van der Waals surface area contributed by atoms with Crippen LogP contribution in [0, 0.1) is 0 Å². The van der Waals surface area contributed by atoms with Crippen LogP contribution >= 0.6 is 0 Å². The Labute approximate surface area is 111 Å². The molecule has 0 spiro atoms. The number of H-pyrrole nitrogens is 2. The zero-order valence-corrected chi connectivity index (χ0v) is 10.3. The van der Waals surface area contributed by atoms with Gasteiger partial charge in [-0.3, -0.25) is 14.6 Å². The van der Waals surface area contributed by atoms with Gasteiger partial charge in [-0.15, -0.1) is 0 Å². The van der Waals surface area contributed by atoms with Crippen LogP contribution in [0.1, 0.15) is 12.1 Å². The first-order chi connectivity index (χ1) is 9.36. The third-order valence-corrected chi connectivity index (χ3v) is 3.04. The first kappa shape index (κ1) is 14.0. The summed E-state index contributed by atoms with van der Waals surface area (Å²) in [4.78, 5) is 50.5. The van der Waals surface area contributed by atoms with E-state index in [1.165, 1.54) is 0 Å². The summed E-state index contributed by atoms with van der Waals surface area (Å²) in [6, 6.07) is -0.0343. The number of carbonyl (C=O) groups is 2. The van der Waals surface area contributed by atoms with E-state index in [0.717, 1.165) is 11.0 Å². The molecular formula is C11H13N3O6. The minimum Gasteiger partial charge on any atom is -0.480 e. The van der Waals surface area contributed by atoms with Crippen molar-refractivity contribution in [3.8, 4) is 0 Å². The van der Waals surface area contributed by atoms with Crippen LogP contribution in [0.3, 0.4) is 0 Å². The Morgan fingerprint density at radius 3 is 2.65 bits per heavy atom. The number of carbonyl (C=O) groups excluding carboxylic acids is 1. The number of aliphatic hydroxyl groups excluding tert-OH is 1. The number of nitrogens with one attached hydrogen (secondary N) is 2. The van der Waals surface area contributed by atoms with Gasteiger partial charge < -0.3 is 20.1 Å². The molecule has 1 amide bonds. The first-order valence-corrected chi connectivity index (χ1v) is 5.89. The van der Waals surface area contributed by atoms with Crippen LogP contribution in [0.25, 0.3) is 0 Å². The van der Waals surface area contributed by atoms with Crippen LogP contribution in [-0.2, 0) is 16.0 Å². The number of rotatable bonds is 3. The standard InChI is InChI=1S/C11H13N3O6/c15-6-3-7(10(18)19)14(4-6)9(17)2-5-1-8(16)13-11(20)12-5/h1,6-7,15H,2-4H2,(H,18,19)(H2,12,13,16,20)/t6-,7+/m1/s1. The molecule has 9 heteroatoms. The normalized spacial score (nSPS) is 21.9. The molecule has 1 saturated heterocycles. The maximum absolute atomic E-state index is 12.0. The molecule has 2 rings (SSSR count). The molecule has 20 heavy (non-hydrogen) atoms. The second-order valence-electron chi connectivity index (χ2n) is 4.58. The van der Waals surface area contributed by atoms with Crippen molar-refractivity contribution < 1.29 is 19.8 Å².